The van der Waals surface area contributed by atoms with Gasteiger partial charge in [0.05, 0.1) is 10.5 Å². The second-order valence-corrected chi connectivity index (χ2v) is 6.35. The van der Waals surface area contributed by atoms with Gasteiger partial charge in [0.25, 0.3) is 0 Å². The largest absolute Gasteiger partial charge is 0.308 e. The summed E-state index contributed by atoms with van der Waals surface area (Å²) in [5.74, 6) is 7.05. The number of halogens is 1. The average Bonchev–Trinajstić information content (AvgIpc) is 2.53. The molecule has 6 heteroatoms. The topological polar surface area (TPSA) is 63.8 Å². The van der Waals surface area contributed by atoms with Crippen molar-refractivity contribution in [3.05, 3.63) is 58.7 Å². The van der Waals surface area contributed by atoms with Crippen LogP contribution in [0.2, 0.25) is 0 Å². The average molecular weight is 361 g/mol. The van der Waals surface area contributed by atoms with Crippen molar-refractivity contribution in [2.75, 3.05) is 5.43 Å². The molecule has 0 spiro atoms. The van der Waals surface area contributed by atoms with Gasteiger partial charge in [-0.2, -0.15) is 0 Å². The highest BCUT2D eigenvalue weighted by Gasteiger charge is 2.07. The third-order valence-corrected chi connectivity index (χ3v) is 4.48. The first-order valence-electron chi connectivity index (χ1n) is 6.36. The van der Waals surface area contributed by atoms with Gasteiger partial charge in [-0.25, -0.2) is 15.8 Å². The number of benzene rings is 1. The maximum Gasteiger partial charge on any atom is 0.144 e. The summed E-state index contributed by atoms with van der Waals surface area (Å²) in [6.07, 6.45) is 1.79. The Labute approximate surface area is 135 Å². The first-order valence-corrected chi connectivity index (χ1v) is 8.14. The van der Waals surface area contributed by atoms with Crippen LogP contribution in [0.15, 0.2) is 58.2 Å². The molecule has 2 aromatic heterocycles. The second kappa shape index (κ2) is 6.43. The maximum absolute atomic E-state index is 5.59. The molecule has 2 heterocycles. The molecule has 0 saturated carbocycles. The molecule has 0 amide bonds. The molecule has 0 saturated heterocycles. The van der Waals surface area contributed by atoms with Crippen LogP contribution >= 0.6 is 27.7 Å². The molecule has 0 aliphatic carbocycles. The molecular formula is C15H13BrN4S. The van der Waals surface area contributed by atoms with Gasteiger partial charge in [-0.05, 0) is 40.2 Å². The van der Waals surface area contributed by atoms with Crippen molar-refractivity contribution >= 4 is 44.4 Å². The number of anilines is 1. The normalized spacial score (nSPS) is 10.8. The molecule has 0 aliphatic heterocycles. The number of hydrogen-bond donors (Lipinski definition) is 2. The SMILES string of the molecule is NNc1nc2ccccc2cc1CSc1ccc(Br)cn1. The quantitative estimate of drug-likeness (QED) is 0.418. The number of hydrazine groups is 1. The number of para-hydroxylation sites is 1. The smallest absolute Gasteiger partial charge is 0.144 e. The summed E-state index contributed by atoms with van der Waals surface area (Å²) in [5.41, 5.74) is 4.67. The van der Waals surface area contributed by atoms with Crippen LogP contribution in [0.3, 0.4) is 0 Å². The minimum absolute atomic E-state index is 0.707. The summed E-state index contributed by atoms with van der Waals surface area (Å²) < 4.78 is 0.975. The number of nitrogens with two attached hydrogens (primary N) is 1. The van der Waals surface area contributed by atoms with E-state index < -0.39 is 0 Å². The zero-order valence-electron chi connectivity index (χ0n) is 11.1. The van der Waals surface area contributed by atoms with E-state index in [4.69, 9.17) is 5.84 Å². The minimum Gasteiger partial charge on any atom is -0.308 e. The van der Waals surface area contributed by atoms with Gasteiger partial charge in [-0.1, -0.05) is 18.2 Å². The number of nitrogens with one attached hydrogen (secondary N) is 1. The third kappa shape index (κ3) is 3.34. The van der Waals surface area contributed by atoms with Gasteiger partial charge in [-0.15, -0.1) is 11.8 Å². The lowest BCUT2D eigenvalue weighted by Crippen LogP contribution is -2.11. The van der Waals surface area contributed by atoms with Crippen molar-refractivity contribution in [2.24, 2.45) is 5.84 Å². The van der Waals surface area contributed by atoms with E-state index >= 15 is 0 Å². The van der Waals surface area contributed by atoms with E-state index in [2.05, 4.69) is 43.5 Å². The Kier molecular flexibility index (Phi) is 4.38. The van der Waals surface area contributed by atoms with E-state index in [-0.39, 0.29) is 0 Å². The van der Waals surface area contributed by atoms with Crippen molar-refractivity contribution in [1.29, 1.82) is 0 Å². The number of pyridine rings is 2. The molecule has 3 aromatic rings. The fourth-order valence-electron chi connectivity index (χ4n) is 1.99. The van der Waals surface area contributed by atoms with E-state index in [1.54, 1.807) is 18.0 Å². The maximum atomic E-state index is 5.59. The molecule has 106 valence electrons. The molecule has 3 N–H and O–H groups in total. The number of thioether (sulfide) groups is 1. The summed E-state index contributed by atoms with van der Waals surface area (Å²) >= 11 is 5.04. The third-order valence-electron chi connectivity index (χ3n) is 3.02. The molecule has 4 nitrogen and oxygen atoms in total. The summed E-state index contributed by atoms with van der Waals surface area (Å²) in [6.45, 7) is 0. The van der Waals surface area contributed by atoms with E-state index in [0.717, 1.165) is 31.7 Å². The van der Waals surface area contributed by atoms with Gasteiger partial charge >= 0.3 is 0 Å². The number of nitrogen functional groups attached to an aromatic ring is 1. The second-order valence-electron chi connectivity index (χ2n) is 4.44. The van der Waals surface area contributed by atoms with Gasteiger partial charge in [0.2, 0.25) is 0 Å². The zero-order valence-corrected chi connectivity index (χ0v) is 13.5. The van der Waals surface area contributed by atoms with Crippen molar-refractivity contribution in [3.63, 3.8) is 0 Å². The molecule has 0 atom stereocenters. The summed E-state index contributed by atoms with van der Waals surface area (Å²) in [5, 5.41) is 2.07. The van der Waals surface area contributed by atoms with Crippen LogP contribution in [0.5, 0.6) is 0 Å². The predicted molar refractivity (Wildman–Crippen MR) is 91.1 cm³/mol. The number of nitrogens with zero attached hydrogens (tertiary/aromatic N) is 2. The summed E-state index contributed by atoms with van der Waals surface area (Å²) in [4.78, 5) is 8.90. The van der Waals surface area contributed by atoms with E-state index in [1.807, 2.05) is 30.3 Å². The molecule has 3 rings (SSSR count). The molecular weight excluding hydrogens is 348 g/mol. The number of hydrogen-bond acceptors (Lipinski definition) is 5. The molecule has 0 aliphatic rings. The standard InChI is InChI=1S/C15H13BrN4S/c16-12-5-6-14(18-8-12)21-9-11-7-10-3-1-2-4-13(10)19-15(11)20-17/h1-8H,9,17H2,(H,19,20). The minimum atomic E-state index is 0.707. The summed E-state index contributed by atoms with van der Waals surface area (Å²) in [7, 11) is 0. The van der Waals surface area contributed by atoms with Crippen LogP contribution in [0, 0.1) is 0 Å². The Balaban J connectivity index is 1.86. The van der Waals surface area contributed by atoms with Crippen LogP contribution in [-0.2, 0) is 5.75 Å². The first-order chi connectivity index (χ1) is 10.3. The van der Waals surface area contributed by atoms with Crippen LogP contribution in [0.25, 0.3) is 10.9 Å². The molecule has 0 radical (unpaired) electrons. The number of rotatable bonds is 4. The van der Waals surface area contributed by atoms with Crippen LogP contribution < -0.4 is 11.3 Å². The highest BCUT2D eigenvalue weighted by Crippen LogP contribution is 2.27. The Morgan fingerprint density at radius 3 is 2.81 bits per heavy atom. The van der Waals surface area contributed by atoms with Gasteiger partial charge in [0.15, 0.2) is 0 Å². The fraction of sp³-hybridized carbons (Fsp3) is 0.0667. The van der Waals surface area contributed by atoms with Gasteiger partial charge in [-0.3, -0.25) is 0 Å². The molecule has 0 fully saturated rings. The molecule has 0 bridgehead atoms. The van der Waals surface area contributed by atoms with Gasteiger partial charge < -0.3 is 5.43 Å². The zero-order chi connectivity index (χ0) is 14.7. The molecule has 21 heavy (non-hydrogen) atoms. The molecule has 0 unspecified atom stereocenters. The molecule has 1 aromatic carbocycles. The van der Waals surface area contributed by atoms with Crippen molar-refractivity contribution in [1.82, 2.24) is 9.97 Å². The predicted octanol–water partition coefficient (Wildman–Crippen LogP) is 3.97. The lowest BCUT2D eigenvalue weighted by molar-refractivity contribution is 1.12. The van der Waals surface area contributed by atoms with Crippen LogP contribution in [0.4, 0.5) is 5.82 Å². The Morgan fingerprint density at radius 1 is 1.19 bits per heavy atom. The summed E-state index contributed by atoms with van der Waals surface area (Å²) in [6, 6.07) is 14.1. The highest BCUT2D eigenvalue weighted by molar-refractivity contribution is 9.10. The lowest BCUT2D eigenvalue weighted by atomic mass is 10.1. The monoisotopic (exact) mass is 360 g/mol. The van der Waals surface area contributed by atoms with E-state index in [0.29, 0.717) is 5.82 Å². The van der Waals surface area contributed by atoms with Gasteiger partial charge in [0.1, 0.15) is 5.82 Å². The fourth-order valence-corrected chi connectivity index (χ4v) is 3.04. The highest BCUT2D eigenvalue weighted by atomic mass is 79.9. The van der Waals surface area contributed by atoms with E-state index in [9.17, 15) is 0 Å². The van der Waals surface area contributed by atoms with Crippen LogP contribution in [0.1, 0.15) is 5.56 Å². The number of fused-ring (bicyclic) bond motifs is 1. The van der Waals surface area contributed by atoms with Crippen LogP contribution in [-0.4, -0.2) is 9.97 Å². The number of aromatic nitrogens is 2. The first kappa shape index (κ1) is 14.3. The van der Waals surface area contributed by atoms with E-state index in [1.165, 1.54) is 0 Å². The lowest BCUT2D eigenvalue weighted by Gasteiger charge is -2.09. The van der Waals surface area contributed by atoms with Crippen molar-refractivity contribution < 1.29 is 0 Å². The van der Waals surface area contributed by atoms with Gasteiger partial charge in [0, 0.05) is 27.4 Å². The Bertz CT molecular complexity index is 761. The Hall–Kier alpha value is -1.63. The van der Waals surface area contributed by atoms with Crippen molar-refractivity contribution in [2.45, 2.75) is 10.8 Å². The Morgan fingerprint density at radius 2 is 2.05 bits per heavy atom. The van der Waals surface area contributed by atoms with Crippen molar-refractivity contribution in [3.8, 4) is 0 Å².